The van der Waals surface area contributed by atoms with Gasteiger partial charge in [-0.05, 0) is 36.2 Å². The van der Waals surface area contributed by atoms with Crippen molar-refractivity contribution < 1.29 is 8.42 Å². The topological polar surface area (TPSA) is 79.3 Å². The van der Waals surface area contributed by atoms with Crippen molar-refractivity contribution in [2.24, 2.45) is 0 Å². The van der Waals surface area contributed by atoms with E-state index in [1.165, 1.54) is 11.5 Å². The summed E-state index contributed by atoms with van der Waals surface area (Å²) in [4.78, 5) is 11.4. The summed E-state index contributed by atoms with van der Waals surface area (Å²) in [6, 6.07) is 16.6. The second kappa shape index (κ2) is 9.34. The summed E-state index contributed by atoms with van der Waals surface area (Å²) in [6.07, 6.45) is 2.97. The van der Waals surface area contributed by atoms with E-state index in [0.29, 0.717) is 43.0 Å². The first-order chi connectivity index (χ1) is 16.0. The van der Waals surface area contributed by atoms with Gasteiger partial charge in [-0.1, -0.05) is 41.9 Å². The van der Waals surface area contributed by atoms with Crippen LogP contribution in [0.4, 0.5) is 5.13 Å². The Bertz CT molecular complexity index is 1370. The van der Waals surface area contributed by atoms with Gasteiger partial charge >= 0.3 is 0 Å². The lowest BCUT2D eigenvalue weighted by Gasteiger charge is -2.21. The molecule has 0 aliphatic carbocycles. The smallest absolute Gasteiger partial charge is 0.245 e. The minimum absolute atomic E-state index is 0.259. The molecule has 5 rings (SSSR count). The van der Waals surface area contributed by atoms with E-state index in [0.717, 1.165) is 28.5 Å². The predicted molar refractivity (Wildman–Crippen MR) is 131 cm³/mol. The number of halogens is 1. The van der Waals surface area contributed by atoms with Crippen LogP contribution in [0.15, 0.2) is 65.7 Å². The van der Waals surface area contributed by atoms with Gasteiger partial charge in [0.1, 0.15) is 10.7 Å². The molecule has 1 fully saturated rings. The summed E-state index contributed by atoms with van der Waals surface area (Å²) in [5.74, 6) is 0.757. The van der Waals surface area contributed by atoms with Crippen molar-refractivity contribution in [2.75, 3.05) is 31.1 Å². The first-order valence-electron chi connectivity index (χ1n) is 10.7. The molecular weight excluding hydrogens is 478 g/mol. The molecule has 0 unspecified atom stereocenters. The number of sulfonamides is 1. The number of anilines is 1. The Hall–Kier alpha value is -2.59. The van der Waals surface area contributed by atoms with E-state index in [1.807, 2.05) is 42.5 Å². The molecule has 7 nitrogen and oxygen atoms in total. The standard InChI is InChI=1S/C23H22ClN5O2S2/c24-19-9-7-17(8-10-19)16-21-26-23(32-27-21)28-12-3-13-29(15-14-28)33(30,31)20-6-1-4-18-5-2-11-25-22(18)20/h1-2,4-11H,3,12-16H2. The summed E-state index contributed by atoms with van der Waals surface area (Å²) in [5.41, 5.74) is 1.61. The van der Waals surface area contributed by atoms with Crippen molar-refractivity contribution in [1.82, 2.24) is 18.6 Å². The Labute approximate surface area is 201 Å². The monoisotopic (exact) mass is 499 g/mol. The van der Waals surface area contributed by atoms with Crippen LogP contribution in [0.3, 0.4) is 0 Å². The van der Waals surface area contributed by atoms with Gasteiger partial charge in [0, 0.05) is 60.7 Å². The van der Waals surface area contributed by atoms with Gasteiger partial charge in [-0.3, -0.25) is 4.98 Å². The minimum Gasteiger partial charge on any atom is -0.345 e. The van der Waals surface area contributed by atoms with Gasteiger partial charge in [0.05, 0.1) is 5.52 Å². The first kappa shape index (κ1) is 22.2. The van der Waals surface area contributed by atoms with Crippen LogP contribution in [0.1, 0.15) is 17.8 Å². The van der Waals surface area contributed by atoms with Gasteiger partial charge in [-0.25, -0.2) is 13.4 Å². The first-order valence-corrected chi connectivity index (χ1v) is 13.3. The SMILES string of the molecule is O=S(=O)(c1cccc2cccnc12)N1CCCN(c2nc(Cc3ccc(Cl)cc3)ns2)CC1. The second-order valence-corrected chi connectivity index (χ2v) is 10.9. The summed E-state index contributed by atoms with van der Waals surface area (Å²) in [5, 5.41) is 2.34. The minimum atomic E-state index is -3.66. The zero-order valence-corrected chi connectivity index (χ0v) is 20.2. The fraction of sp³-hybridized carbons (Fsp3) is 0.261. The number of hydrogen-bond acceptors (Lipinski definition) is 7. The molecule has 2 aromatic heterocycles. The van der Waals surface area contributed by atoms with Crippen molar-refractivity contribution in [1.29, 1.82) is 0 Å². The van der Waals surface area contributed by atoms with E-state index in [1.54, 1.807) is 22.6 Å². The largest absolute Gasteiger partial charge is 0.345 e. The highest BCUT2D eigenvalue weighted by atomic mass is 35.5. The third-order valence-corrected chi connectivity index (χ3v) is 8.67. The van der Waals surface area contributed by atoms with Gasteiger partial charge in [0.15, 0.2) is 0 Å². The molecule has 1 aliphatic rings. The number of aromatic nitrogens is 3. The van der Waals surface area contributed by atoms with Crippen LogP contribution in [0.2, 0.25) is 5.02 Å². The summed E-state index contributed by atoms with van der Waals surface area (Å²) in [7, 11) is -3.66. The number of pyridine rings is 1. The van der Waals surface area contributed by atoms with E-state index in [4.69, 9.17) is 16.6 Å². The molecule has 1 aliphatic heterocycles. The summed E-state index contributed by atoms with van der Waals surface area (Å²) >= 11 is 7.32. The maximum absolute atomic E-state index is 13.5. The Morgan fingerprint density at radius 1 is 0.970 bits per heavy atom. The Morgan fingerprint density at radius 3 is 2.64 bits per heavy atom. The molecule has 0 atom stereocenters. The Balaban J connectivity index is 1.31. The Morgan fingerprint density at radius 2 is 1.79 bits per heavy atom. The van der Waals surface area contributed by atoms with Gasteiger partial charge in [-0.2, -0.15) is 8.68 Å². The lowest BCUT2D eigenvalue weighted by Crippen LogP contribution is -2.35. The van der Waals surface area contributed by atoms with E-state index in [-0.39, 0.29) is 4.90 Å². The third kappa shape index (κ3) is 4.72. The Kier molecular flexibility index (Phi) is 6.29. The molecule has 170 valence electrons. The number of hydrogen-bond donors (Lipinski definition) is 0. The van der Waals surface area contributed by atoms with Crippen LogP contribution in [0.25, 0.3) is 10.9 Å². The van der Waals surface area contributed by atoms with E-state index in [2.05, 4.69) is 14.3 Å². The molecule has 2 aromatic carbocycles. The highest BCUT2D eigenvalue weighted by Crippen LogP contribution is 2.26. The molecule has 1 saturated heterocycles. The number of benzene rings is 2. The van der Waals surface area contributed by atoms with Crippen LogP contribution in [0.5, 0.6) is 0 Å². The van der Waals surface area contributed by atoms with E-state index >= 15 is 0 Å². The molecule has 3 heterocycles. The number of para-hydroxylation sites is 1. The van der Waals surface area contributed by atoms with E-state index < -0.39 is 10.0 Å². The van der Waals surface area contributed by atoms with Crippen LogP contribution in [-0.4, -0.2) is 53.2 Å². The van der Waals surface area contributed by atoms with E-state index in [9.17, 15) is 8.42 Å². The van der Waals surface area contributed by atoms with Gasteiger partial charge in [0.2, 0.25) is 15.2 Å². The molecule has 33 heavy (non-hydrogen) atoms. The maximum atomic E-state index is 13.5. The molecule has 0 saturated carbocycles. The summed E-state index contributed by atoms with van der Waals surface area (Å²) in [6.45, 7) is 2.14. The van der Waals surface area contributed by atoms with Crippen LogP contribution < -0.4 is 4.90 Å². The number of fused-ring (bicyclic) bond motifs is 1. The average Bonchev–Trinajstić information content (AvgIpc) is 3.14. The van der Waals surface area contributed by atoms with Gasteiger partial charge in [-0.15, -0.1) is 0 Å². The lowest BCUT2D eigenvalue weighted by molar-refractivity contribution is 0.433. The normalized spacial score (nSPS) is 15.6. The quantitative estimate of drug-likeness (QED) is 0.409. The predicted octanol–water partition coefficient (Wildman–Crippen LogP) is 4.23. The average molecular weight is 500 g/mol. The number of nitrogens with zero attached hydrogens (tertiary/aromatic N) is 5. The second-order valence-electron chi connectivity index (χ2n) is 7.87. The molecule has 0 radical (unpaired) electrons. The fourth-order valence-corrected chi connectivity index (χ4v) is 6.48. The molecule has 0 spiro atoms. The molecule has 0 N–H and O–H groups in total. The van der Waals surface area contributed by atoms with Crippen molar-refractivity contribution in [3.8, 4) is 0 Å². The number of rotatable bonds is 5. The van der Waals surface area contributed by atoms with Crippen molar-refractivity contribution in [2.45, 2.75) is 17.7 Å². The third-order valence-electron chi connectivity index (χ3n) is 5.67. The van der Waals surface area contributed by atoms with Crippen LogP contribution in [-0.2, 0) is 16.4 Å². The molecule has 0 amide bonds. The lowest BCUT2D eigenvalue weighted by atomic mass is 10.1. The maximum Gasteiger partial charge on any atom is 0.245 e. The van der Waals surface area contributed by atoms with Gasteiger partial charge < -0.3 is 4.90 Å². The van der Waals surface area contributed by atoms with Crippen molar-refractivity contribution >= 4 is 49.2 Å². The zero-order valence-electron chi connectivity index (χ0n) is 17.8. The molecular formula is C23H22ClN5O2S2. The highest BCUT2D eigenvalue weighted by molar-refractivity contribution is 7.89. The molecule has 0 bridgehead atoms. The molecule has 10 heteroatoms. The van der Waals surface area contributed by atoms with Gasteiger partial charge in [0.25, 0.3) is 0 Å². The van der Waals surface area contributed by atoms with Crippen LogP contribution in [0, 0.1) is 0 Å². The highest BCUT2D eigenvalue weighted by Gasteiger charge is 2.29. The van der Waals surface area contributed by atoms with Crippen molar-refractivity contribution in [3.05, 3.63) is 77.2 Å². The fourth-order valence-electron chi connectivity index (χ4n) is 3.98. The summed E-state index contributed by atoms with van der Waals surface area (Å²) < 4.78 is 33.0. The van der Waals surface area contributed by atoms with Crippen LogP contribution >= 0.6 is 23.1 Å². The zero-order chi connectivity index (χ0) is 22.8. The molecule has 4 aromatic rings. The van der Waals surface area contributed by atoms with Crippen molar-refractivity contribution in [3.63, 3.8) is 0 Å².